The van der Waals surface area contributed by atoms with E-state index in [1.807, 2.05) is 31.2 Å². The summed E-state index contributed by atoms with van der Waals surface area (Å²) in [7, 11) is 0. The minimum absolute atomic E-state index is 0.0752. The molecule has 1 amide bonds. The quantitative estimate of drug-likeness (QED) is 0.0888. The normalized spacial score (nSPS) is 15.3. The number of nitro groups is 1. The van der Waals surface area contributed by atoms with Gasteiger partial charge >= 0.3 is 0 Å². The lowest BCUT2D eigenvalue weighted by Crippen LogP contribution is -2.31. The average molecular weight is 580 g/mol. The van der Waals surface area contributed by atoms with E-state index >= 15 is 0 Å². The summed E-state index contributed by atoms with van der Waals surface area (Å²) in [4.78, 5) is 44.2. The van der Waals surface area contributed by atoms with Gasteiger partial charge in [0.1, 0.15) is 6.04 Å². The van der Waals surface area contributed by atoms with Gasteiger partial charge in [0.05, 0.1) is 31.6 Å². The zero-order valence-electron chi connectivity index (χ0n) is 20.9. The minimum atomic E-state index is -1.28. The largest absolute Gasteiger partial charge is 0.503 e. The van der Waals surface area contributed by atoms with Crippen molar-refractivity contribution in [3.63, 3.8) is 0 Å². The second kappa shape index (κ2) is 10.7. The van der Waals surface area contributed by atoms with Crippen LogP contribution in [0.5, 0.6) is 0 Å². The molecule has 1 atom stereocenters. The second-order valence-corrected chi connectivity index (χ2v) is 12.1. The Hall–Kier alpha value is -3.94. The number of Topliss-reactive ketones (excluding diaryl/α,β-unsaturated/α-hetero) is 1. The van der Waals surface area contributed by atoms with Crippen molar-refractivity contribution in [2.24, 2.45) is 0 Å². The van der Waals surface area contributed by atoms with Gasteiger partial charge in [-0.25, -0.2) is 4.98 Å². The van der Waals surface area contributed by atoms with Gasteiger partial charge in [0.2, 0.25) is 10.9 Å². The fraction of sp³-hybridized carbons (Fsp3) is 0.192. The monoisotopic (exact) mass is 579 g/mol. The van der Waals surface area contributed by atoms with Crippen LogP contribution in [0.2, 0.25) is 0 Å². The van der Waals surface area contributed by atoms with Crippen LogP contribution in [0.15, 0.2) is 64.2 Å². The maximum atomic E-state index is 13.7. The molecule has 39 heavy (non-hydrogen) atoms. The Morgan fingerprint density at radius 2 is 1.82 bits per heavy atom. The van der Waals surface area contributed by atoms with Gasteiger partial charge in [-0.2, -0.15) is 0 Å². The van der Waals surface area contributed by atoms with E-state index in [-0.39, 0.29) is 26.8 Å². The number of hydrogen-bond acceptors (Lipinski definition) is 11. The summed E-state index contributed by atoms with van der Waals surface area (Å²) in [5.74, 6) is -1.66. The summed E-state index contributed by atoms with van der Waals surface area (Å²) in [5, 5.41) is 32.0. The number of aliphatic hydroxyl groups excluding tert-OH is 1. The fourth-order valence-electron chi connectivity index (χ4n) is 4.27. The molecule has 0 bridgehead atoms. The highest BCUT2D eigenvalue weighted by Gasteiger charge is 2.48. The molecular formula is C26H21N5O5S3. The highest BCUT2D eigenvalue weighted by atomic mass is 32.2. The predicted molar refractivity (Wildman–Crippen MR) is 150 cm³/mol. The molecule has 2 aromatic heterocycles. The Morgan fingerprint density at radius 3 is 2.49 bits per heavy atom. The molecular weight excluding hydrogens is 559 g/mol. The molecule has 10 nitrogen and oxygen atoms in total. The highest BCUT2D eigenvalue weighted by molar-refractivity contribution is 8.00. The highest BCUT2D eigenvalue weighted by Crippen LogP contribution is 2.46. The van der Waals surface area contributed by atoms with E-state index in [2.05, 4.69) is 15.2 Å². The SMILES string of the molecule is Cc1ccc(CSc2nnc(N3C(=O)C(O)=C(C(=O)c4sc(C)nc4C)C3c3ccccc3[N+](=O)[O-])s2)cc1. The Balaban J connectivity index is 1.56. The van der Waals surface area contributed by atoms with Crippen molar-refractivity contribution < 1.29 is 19.6 Å². The molecule has 5 rings (SSSR count). The van der Waals surface area contributed by atoms with Gasteiger partial charge in [-0.3, -0.25) is 24.6 Å². The first-order chi connectivity index (χ1) is 18.7. The van der Waals surface area contributed by atoms with Crippen LogP contribution in [0.3, 0.4) is 0 Å². The van der Waals surface area contributed by atoms with Gasteiger partial charge in [-0.1, -0.05) is 65.1 Å². The maximum absolute atomic E-state index is 13.7. The van der Waals surface area contributed by atoms with E-state index < -0.39 is 28.4 Å². The molecule has 1 aliphatic rings. The van der Waals surface area contributed by atoms with Crippen LogP contribution in [0, 0.1) is 30.9 Å². The van der Waals surface area contributed by atoms with Gasteiger partial charge in [-0.15, -0.1) is 21.5 Å². The lowest BCUT2D eigenvalue weighted by molar-refractivity contribution is -0.385. The van der Waals surface area contributed by atoms with Crippen LogP contribution in [-0.2, 0) is 10.5 Å². The number of carbonyl (C=O) groups is 2. The first-order valence-electron chi connectivity index (χ1n) is 11.7. The van der Waals surface area contributed by atoms with Crippen LogP contribution < -0.4 is 4.90 Å². The van der Waals surface area contributed by atoms with Gasteiger partial charge in [0.15, 0.2) is 10.1 Å². The summed E-state index contributed by atoms with van der Waals surface area (Å²) < 4.78 is 0.563. The standard InChI is InChI=1S/C26H21N5O5S3/c1-13-8-10-16(11-9-13)12-37-26-29-28-25(39-26)30-20(17-6-4-5-7-18(17)31(35)36)19(22(33)24(30)34)21(32)23-14(2)27-15(3)38-23/h4-11,20,33H,12H2,1-3H3. The van der Waals surface area contributed by atoms with Crippen LogP contribution in [0.4, 0.5) is 10.8 Å². The Morgan fingerprint density at radius 1 is 1.10 bits per heavy atom. The third kappa shape index (κ3) is 5.07. The number of thiazole rings is 1. The van der Waals surface area contributed by atoms with Crippen molar-refractivity contribution in [1.82, 2.24) is 15.2 Å². The molecule has 1 aliphatic heterocycles. The number of benzene rings is 2. The third-order valence-electron chi connectivity index (χ3n) is 6.08. The number of nitrogens with zero attached hydrogens (tertiary/aromatic N) is 5. The van der Waals surface area contributed by atoms with Crippen molar-refractivity contribution >= 4 is 56.9 Å². The molecule has 0 fully saturated rings. The zero-order chi connectivity index (χ0) is 27.8. The summed E-state index contributed by atoms with van der Waals surface area (Å²) in [6.07, 6.45) is 0. The van der Waals surface area contributed by atoms with Gasteiger partial charge in [0, 0.05) is 11.8 Å². The molecule has 1 unspecified atom stereocenters. The van der Waals surface area contributed by atoms with Gasteiger partial charge in [0.25, 0.3) is 11.6 Å². The van der Waals surface area contributed by atoms with E-state index in [4.69, 9.17) is 0 Å². The molecule has 0 spiro atoms. The van der Waals surface area contributed by atoms with Gasteiger partial charge in [-0.05, 0) is 32.4 Å². The number of aromatic nitrogens is 3. The number of thioether (sulfide) groups is 1. The number of hydrogen-bond donors (Lipinski definition) is 1. The fourth-order valence-corrected chi connectivity index (χ4v) is 6.96. The summed E-state index contributed by atoms with van der Waals surface area (Å²) in [5.41, 5.74) is 2.20. The molecule has 0 aliphatic carbocycles. The van der Waals surface area contributed by atoms with Crippen molar-refractivity contribution in [3.05, 3.63) is 102 Å². The Kier molecular flexibility index (Phi) is 7.30. The number of carbonyl (C=O) groups excluding carboxylic acids is 2. The molecule has 0 radical (unpaired) electrons. The number of aliphatic hydroxyl groups is 1. The van der Waals surface area contributed by atoms with Crippen molar-refractivity contribution in [3.8, 4) is 0 Å². The van der Waals surface area contributed by atoms with E-state index in [1.165, 1.54) is 30.0 Å². The zero-order valence-corrected chi connectivity index (χ0v) is 23.4. The summed E-state index contributed by atoms with van der Waals surface area (Å²) >= 11 is 3.66. The number of anilines is 1. The third-order valence-corrected chi connectivity index (χ3v) is 9.27. The number of para-hydroxylation sites is 1. The Bertz CT molecular complexity index is 1640. The summed E-state index contributed by atoms with van der Waals surface area (Å²) in [6.45, 7) is 5.41. The van der Waals surface area contributed by atoms with E-state index in [0.717, 1.165) is 38.7 Å². The number of nitro benzene ring substituents is 1. The number of rotatable bonds is 8. The first kappa shape index (κ1) is 26.7. The van der Waals surface area contributed by atoms with E-state index in [1.54, 1.807) is 19.9 Å². The topological polar surface area (TPSA) is 139 Å². The van der Waals surface area contributed by atoms with Crippen molar-refractivity contribution in [1.29, 1.82) is 0 Å². The lowest BCUT2D eigenvalue weighted by atomic mass is 9.94. The summed E-state index contributed by atoms with van der Waals surface area (Å²) in [6, 6.07) is 12.6. The van der Waals surface area contributed by atoms with Gasteiger partial charge < -0.3 is 5.11 Å². The van der Waals surface area contributed by atoms with E-state index in [9.17, 15) is 24.8 Å². The molecule has 4 aromatic rings. The smallest absolute Gasteiger partial charge is 0.296 e. The number of aryl methyl sites for hydroxylation is 3. The molecule has 3 heterocycles. The number of ketones is 1. The van der Waals surface area contributed by atoms with Crippen LogP contribution in [0.25, 0.3) is 0 Å². The number of amides is 1. The molecule has 0 saturated heterocycles. The first-order valence-corrected chi connectivity index (χ1v) is 14.3. The van der Waals surface area contributed by atoms with Crippen LogP contribution >= 0.6 is 34.4 Å². The van der Waals surface area contributed by atoms with Crippen molar-refractivity contribution in [2.45, 2.75) is 36.9 Å². The Labute approximate surface area is 235 Å². The van der Waals surface area contributed by atoms with Crippen LogP contribution in [0.1, 0.15) is 43.1 Å². The molecule has 13 heteroatoms. The minimum Gasteiger partial charge on any atom is -0.503 e. The average Bonchev–Trinajstić information content (AvgIpc) is 3.59. The maximum Gasteiger partial charge on any atom is 0.296 e. The van der Waals surface area contributed by atoms with Crippen LogP contribution in [-0.4, -0.2) is 36.9 Å². The lowest BCUT2D eigenvalue weighted by Gasteiger charge is -2.23. The van der Waals surface area contributed by atoms with E-state index in [0.29, 0.717) is 20.8 Å². The predicted octanol–water partition coefficient (Wildman–Crippen LogP) is 5.90. The van der Waals surface area contributed by atoms with Crippen molar-refractivity contribution in [2.75, 3.05) is 4.90 Å². The second-order valence-electron chi connectivity index (χ2n) is 8.76. The molecule has 198 valence electrons. The molecule has 2 aromatic carbocycles. The molecule has 1 N–H and O–H groups in total. The molecule has 0 saturated carbocycles.